The van der Waals surface area contributed by atoms with E-state index in [-0.39, 0.29) is 0 Å². The van der Waals surface area contributed by atoms with Crippen LogP contribution >= 0.6 is 27.5 Å². The molecular formula is C12H11BrClN3O. The van der Waals surface area contributed by atoms with Crippen LogP contribution in [0.3, 0.4) is 0 Å². The van der Waals surface area contributed by atoms with Gasteiger partial charge in [0, 0.05) is 29.9 Å². The number of benzene rings is 1. The molecule has 94 valence electrons. The Morgan fingerprint density at radius 1 is 1.61 bits per heavy atom. The van der Waals surface area contributed by atoms with E-state index in [2.05, 4.69) is 27.0 Å². The predicted octanol–water partition coefficient (Wildman–Crippen LogP) is 2.83. The number of ether oxygens (including phenoxy) is 1. The number of halogens is 2. The summed E-state index contributed by atoms with van der Waals surface area (Å²) in [5, 5.41) is 9.68. The molecule has 0 unspecified atom stereocenters. The Morgan fingerprint density at radius 2 is 2.28 bits per heavy atom. The van der Waals surface area contributed by atoms with Gasteiger partial charge in [0.1, 0.15) is 17.4 Å². The molecule has 2 N–H and O–H groups in total. The SMILES string of the molecule is CN=C(/C(Br)=C\N)c1cc(Cl)cc(OC)c1C#N. The maximum absolute atomic E-state index is 9.23. The maximum atomic E-state index is 9.23. The van der Waals surface area contributed by atoms with Gasteiger partial charge in [-0.1, -0.05) is 11.6 Å². The van der Waals surface area contributed by atoms with Crippen molar-refractivity contribution in [2.24, 2.45) is 10.7 Å². The topological polar surface area (TPSA) is 71.4 Å². The Bertz CT molecular complexity index is 561. The number of hydrogen-bond donors (Lipinski definition) is 1. The molecule has 0 bridgehead atoms. The summed E-state index contributed by atoms with van der Waals surface area (Å²) in [4.78, 5) is 4.11. The van der Waals surface area contributed by atoms with Crippen LogP contribution in [-0.2, 0) is 0 Å². The third-order valence-electron chi connectivity index (χ3n) is 2.25. The lowest BCUT2D eigenvalue weighted by Crippen LogP contribution is -2.07. The van der Waals surface area contributed by atoms with E-state index < -0.39 is 0 Å². The van der Waals surface area contributed by atoms with Crippen LogP contribution in [-0.4, -0.2) is 19.9 Å². The van der Waals surface area contributed by atoms with Gasteiger partial charge >= 0.3 is 0 Å². The summed E-state index contributed by atoms with van der Waals surface area (Å²) in [6, 6.07) is 5.31. The van der Waals surface area contributed by atoms with Crippen molar-refractivity contribution >= 4 is 33.2 Å². The first-order valence-electron chi connectivity index (χ1n) is 4.91. The molecule has 18 heavy (non-hydrogen) atoms. The lowest BCUT2D eigenvalue weighted by molar-refractivity contribution is 0.413. The van der Waals surface area contributed by atoms with E-state index >= 15 is 0 Å². The van der Waals surface area contributed by atoms with Crippen LogP contribution in [0.1, 0.15) is 11.1 Å². The van der Waals surface area contributed by atoms with Crippen molar-refractivity contribution in [2.45, 2.75) is 0 Å². The third kappa shape index (κ3) is 2.84. The van der Waals surface area contributed by atoms with Crippen LogP contribution in [0, 0.1) is 11.3 Å². The third-order valence-corrected chi connectivity index (χ3v) is 3.11. The second-order valence-electron chi connectivity index (χ2n) is 3.23. The number of methoxy groups -OCH3 is 1. The molecule has 6 heteroatoms. The van der Waals surface area contributed by atoms with Crippen molar-refractivity contribution in [1.29, 1.82) is 5.26 Å². The molecule has 0 aliphatic carbocycles. The minimum Gasteiger partial charge on any atom is -0.495 e. The Balaban J connectivity index is 3.59. The first-order valence-corrected chi connectivity index (χ1v) is 6.08. The molecule has 0 heterocycles. The minimum atomic E-state index is 0.362. The lowest BCUT2D eigenvalue weighted by atomic mass is 10.0. The Hall–Kier alpha value is -1.51. The summed E-state index contributed by atoms with van der Waals surface area (Å²) < 4.78 is 5.71. The van der Waals surface area contributed by atoms with E-state index in [4.69, 9.17) is 22.1 Å². The Morgan fingerprint density at radius 3 is 2.72 bits per heavy atom. The molecule has 1 aromatic rings. The molecule has 1 aromatic carbocycles. The summed E-state index contributed by atoms with van der Waals surface area (Å²) in [7, 11) is 3.08. The van der Waals surface area contributed by atoms with Crippen molar-refractivity contribution in [3.63, 3.8) is 0 Å². The van der Waals surface area contributed by atoms with Gasteiger partial charge in [-0.25, -0.2) is 0 Å². The van der Waals surface area contributed by atoms with E-state index in [0.29, 0.717) is 32.1 Å². The molecule has 0 radical (unpaired) electrons. The van der Waals surface area contributed by atoms with Crippen molar-refractivity contribution in [3.8, 4) is 11.8 Å². The molecule has 0 fully saturated rings. The van der Waals surface area contributed by atoms with Crippen LogP contribution in [0.2, 0.25) is 5.02 Å². The average molecular weight is 329 g/mol. The van der Waals surface area contributed by atoms with E-state index in [0.717, 1.165) is 0 Å². The van der Waals surface area contributed by atoms with Crippen molar-refractivity contribution in [1.82, 2.24) is 0 Å². The highest BCUT2D eigenvalue weighted by Gasteiger charge is 2.17. The molecule has 0 amide bonds. The normalized spacial score (nSPS) is 12.2. The van der Waals surface area contributed by atoms with Gasteiger partial charge in [-0.2, -0.15) is 5.26 Å². The number of aliphatic imine (C=N–C) groups is 1. The highest BCUT2D eigenvalue weighted by atomic mass is 79.9. The number of rotatable bonds is 3. The highest BCUT2D eigenvalue weighted by molar-refractivity contribution is 9.12. The summed E-state index contributed by atoms with van der Waals surface area (Å²) in [5.41, 5.74) is 6.92. The monoisotopic (exact) mass is 327 g/mol. The maximum Gasteiger partial charge on any atom is 0.138 e. The van der Waals surface area contributed by atoms with Gasteiger partial charge in [-0.05, 0) is 22.0 Å². The minimum absolute atomic E-state index is 0.362. The van der Waals surface area contributed by atoms with Gasteiger partial charge in [0.25, 0.3) is 0 Å². The summed E-state index contributed by atoms with van der Waals surface area (Å²) in [6.07, 6.45) is 1.36. The van der Waals surface area contributed by atoms with E-state index in [1.165, 1.54) is 13.3 Å². The summed E-state index contributed by atoms with van der Waals surface area (Å²) in [5.74, 6) is 0.401. The highest BCUT2D eigenvalue weighted by Crippen LogP contribution is 2.29. The Kier molecular flexibility index (Phi) is 5.20. The molecule has 0 spiro atoms. The van der Waals surface area contributed by atoms with Gasteiger partial charge in [0.2, 0.25) is 0 Å². The van der Waals surface area contributed by atoms with Crippen LogP contribution < -0.4 is 10.5 Å². The molecule has 0 aromatic heterocycles. The van der Waals surface area contributed by atoms with E-state index in [1.807, 2.05) is 0 Å². The first-order chi connectivity index (χ1) is 8.58. The zero-order chi connectivity index (χ0) is 13.7. The van der Waals surface area contributed by atoms with Crippen LogP contribution in [0.25, 0.3) is 0 Å². The van der Waals surface area contributed by atoms with Gasteiger partial charge < -0.3 is 10.5 Å². The van der Waals surface area contributed by atoms with Gasteiger partial charge in [-0.3, -0.25) is 4.99 Å². The average Bonchev–Trinajstić information content (AvgIpc) is 2.38. The van der Waals surface area contributed by atoms with Crippen molar-refractivity contribution < 1.29 is 4.74 Å². The summed E-state index contributed by atoms with van der Waals surface area (Å²) >= 11 is 9.28. The summed E-state index contributed by atoms with van der Waals surface area (Å²) in [6.45, 7) is 0. The van der Waals surface area contributed by atoms with Gasteiger partial charge in [-0.15, -0.1) is 0 Å². The number of nitrogens with two attached hydrogens (primary N) is 1. The van der Waals surface area contributed by atoms with Crippen LogP contribution in [0.15, 0.2) is 27.8 Å². The molecule has 0 aliphatic rings. The van der Waals surface area contributed by atoms with Crippen molar-refractivity contribution in [2.75, 3.05) is 14.2 Å². The van der Waals surface area contributed by atoms with Gasteiger partial charge in [0.15, 0.2) is 0 Å². The molecule has 0 atom stereocenters. The fourth-order valence-corrected chi connectivity index (χ4v) is 2.08. The first kappa shape index (κ1) is 14.6. The second-order valence-corrected chi connectivity index (χ2v) is 4.52. The largest absolute Gasteiger partial charge is 0.495 e. The molecule has 4 nitrogen and oxygen atoms in total. The van der Waals surface area contributed by atoms with Gasteiger partial charge in [0.05, 0.1) is 17.3 Å². The Labute approximate surface area is 119 Å². The number of nitriles is 1. The molecule has 0 saturated carbocycles. The van der Waals surface area contributed by atoms with Crippen LogP contribution in [0.5, 0.6) is 5.75 Å². The standard InChI is InChI=1S/C12H11BrClN3O/c1-17-12(10(13)6-16)8-3-7(14)4-11(18-2)9(8)5-15/h3-4,6H,16H2,1-2H3/b10-6+,17-12?. The second kappa shape index (κ2) is 6.43. The fourth-order valence-electron chi connectivity index (χ4n) is 1.48. The number of hydrogen-bond acceptors (Lipinski definition) is 4. The fraction of sp³-hybridized carbons (Fsp3) is 0.167. The smallest absolute Gasteiger partial charge is 0.138 e. The van der Waals surface area contributed by atoms with E-state index in [1.54, 1.807) is 19.2 Å². The predicted molar refractivity (Wildman–Crippen MR) is 76.4 cm³/mol. The molecular weight excluding hydrogens is 318 g/mol. The number of allylic oxidation sites excluding steroid dienone is 1. The number of nitrogens with zero attached hydrogens (tertiary/aromatic N) is 2. The van der Waals surface area contributed by atoms with E-state index in [9.17, 15) is 5.26 Å². The van der Waals surface area contributed by atoms with Crippen LogP contribution in [0.4, 0.5) is 0 Å². The molecule has 1 rings (SSSR count). The van der Waals surface area contributed by atoms with Crippen molar-refractivity contribution in [3.05, 3.63) is 39.0 Å². The zero-order valence-corrected chi connectivity index (χ0v) is 12.2. The zero-order valence-electron chi connectivity index (χ0n) is 9.87. The quantitative estimate of drug-likeness (QED) is 0.867. The molecule has 0 saturated heterocycles. The lowest BCUT2D eigenvalue weighted by Gasteiger charge is -2.11. The molecule has 0 aliphatic heterocycles.